The number of aliphatic imine (C=N–C) groups is 1. The molecule has 1 aliphatic heterocycles. The van der Waals surface area contributed by atoms with Gasteiger partial charge in [-0.15, -0.1) is 0 Å². The highest BCUT2D eigenvalue weighted by atomic mass is 16.6. The molecule has 8 heteroatoms. The molecule has 0 fully saturated rings. The van der Waals surface area contributed by atoms with Gasteiger partial charge in [-0.25, -0.2) is 9.79 Å². The van der Waals surface area contributed by atoms with Gasteiger partial charge in [0.05, 0.1) is 18.1 Å². The lowest BCUT2D eigenvalue weighted by Gasteiger charge is -2.13. The van der Waals surface area contributed by atoms with E-state index < -0.39 is 10.9 Å². The summed E-state index contributed by atoms with van der Waals surface area (Å²) < 4.78 is 16.2. The van der Waals surface area contributed by atoms with Crippen molar-refractivity contribution in [3.05, 3.63) is 69.4 Å². The number of non-ortho nitro benzene ring substituents is 1. The highest BCUT2D eigenvalue weighted by Crippen LogP contribution is 2.30. The number of hydrogen-bond donors (Lipinski definition) is 0. The van der Waals surface area contributed by atoms with E-state index in [4.69, 9.17) is 14.2 Å². The first-order valence-electron chi connectivity index (χ1n) is 8.49. The third-order valence-electron chi connectivity index (χ3n) is 3.78. The normalized spacial score (nSPS) is 14.8. The van der Waals surface area contributed by atoms with Gasteiger partial charge in [-0.3, -0.25) is 10.1 Å². The fourth-order valence-electron chi connectivity index (χ4n) is 2.57. The van der Waals surface area contributed by atoms with Crippen molar-refractivity contribution in [2.24, 2.45) is 4.99 Å². The van der Waals surface area contributed by atoms with Crippen molar-refractivity contribution in [3.63, 3.8) is 0 Å². The molecule has 0 bridgehead atoms. The Labute approximate surface area is 161 Å². The Morgan fingerprint density at radius 2 is 1.96 bits per heavy atom. The summed E-state index contributed by atoms with van der Waals surface area (Å²) in [5.74, 6) is 0.501. The first-order valence-corrected chi connectivity index (χ1v) is 8.49. The van der Waals surface area contributed by atoms with Crippen LogP contribution in [0.15, 0.2) is 53.2 Å². The zero-order chi connectivity index (χ0) is 20.3. The molecule has 3 rings (SSSR count). The number of rotatable bonds is 6. The van der Waals surface area contributed by atoms with Crippen LogP contribution in [0.1, 0.15) is 25.0 Å². The lowest BCUT2D eigenvalue weighted by atomic mass is 10.1. The van der Waals surface area contributed by atoms with Crippen LogP contribution in [0.5, 0.6) is 11.5 Å². The second kappa shape index (κ2) is 7.91. The van der Waals surface area contributed by atoms with Gasteiger partial charge < -0.3 is 14.2 Å². The quantitative estimate of drug-likeness (QED) is 0.327. The van der Waals surface area contributed by atoms with Gasteiger partial charge in [0.1, 0.15) is 0 Å². The van der Waals surface area contributed by atoms with Gasteiger partial charge in [-0.05, 0) is 43.7 Å². The predicted molar refractivity (Wildman–Crippen MR) is 102 cm³/mol. The van der Waals surface area contributed by atoms with Gasteiger partial charge in [0.15, 0.2) is 17.2 Å². The molecule has 28 heavy (non-hydrogen) atoms. The van der Waals surface area contributed by atoms with Crippen molar-refractivity contribution in [1.82, 2.24) is 0 Å². The molecule has 0 amide bonds. The van der Waals surface area contributed by atoms with Crippen LogP contribution in [0.2, 0.25) is 0 Å². The van der Waals surface area contributed by atoms with Crippen molar-refractivity contribution in [1.29, 1.82) is 0 Å². The maximum Gasteiger partial charge on any atom is 0.363 e. The average Bonchev–Trinajstić information content (AvgIpc) is 3.03. The molecule has 0 N–H and O–H groups in total. The van der Waals surface area contributed by atoms with E-state index in [-0.39, 0.29) is 23.4 Å². The molecule has 0 saturated heterocycles. The highest BCUT2D eigenvalue weighted by Gasteiger charge is 2.25. The second-order valence-corrected chi connectivity index (χ2v) is 6.22. The molecular formula is C20H18N2O6. The molecule has 1 heterocycles. The van der Waals surface area contributed by atoms with Crippen LogP contribution >= 0.6 is 0 Å². The lowest BCUT2D eigenvalue weighted by Crippen LogP contribution is -2.06. The molecule has 1 aliphatic rings. The van der Waals surface area contributed by atoms with Gasteiger partial charge in [-0.2, -0.15) is 0 Å². The van der Waals surface area contributed by atoms with Crippen LogP contribution in [0.4, 0.5) is 5.69 Å². The maximum atomic E-state index is 12.2. The highest BCUT2D eigenvalue weighted by molar-refractivity contribution is 6.13. The third kappa shape index (κ3) is 4.17. The van der Waals surface area contributed by atoms with Crippen LogP contribution < -0.4 is 9.47 Å². The Bertz CT molecular complexity index is 994. The van der Waals surface area contributed by atoms with Gasteiger partial charge >= 0.3 is 5.97 Å². The number of cyclic esters (lactones) is 1. The summed E-state index contributed by atoms with van der Waals surface area (Å²) in [7, 11) is 1.53. The number of ether oxygens (including phenoxy) is 3. The number of esters is 1. The smallest absolute Gasteiger partial charge is 0.363 e. The lowest BCUT2D eigenvalue weighted by molar-refractivity contribution is -0.384. The van der Waals surface area contributed by atoms with Crippen molar-refractivity contribution in [2.45, 2.75) is 20.0 Å². The van der Waals surface area contributed by atoms with Crippen molar-refractivity contribution >= 4 is 23.6 Å². The van der Waals surface area contributed by atoms with Crippen LogP contribution in [0.25, 0.3) is 6.08 Å². The third-order valence-corrected chi connectivity index (χ3v) is 3.78. The summed E-state index contributed by atoms with van der Waals surface area (Å²) >= 11 is 0. The van der Waals surface area contributed by atoms with Crippen molar-refractivity contribution < 1.29 is 23.9 Å². The molecule has 0 atom stereocenters. The molecule has 0 radical (unpaired) electrons. The Kier molecular flexibility index (Phi) is 5.39. The fourth-order valence-corrected chi connectivity index (χ4v) is 2.57. The Morgan fingerprint density at radius 1 is 1.18 bits per heavy atom. The average molecular weight is 382 g/mol. The van der Waals surface area contributed by atoms with Gasteiger partial charge in [0.25, 0.3) is 5.69 Å². The Morgan fingerprint density at radius 3 is 2.64 bits per heavy atom. The van der Waals surface area contributed by atoms with E-state index in [0.29, 0.717) is 22.6 Å². The molecule has 0 aliphatic carbocycles. The van der Waals surface area contributed by atoms with E-state index in [1.54, 1.807) is 30.3 Å². The molecular weight excluding hydrogens is 364 g/mol. The number of nitrogens with zero attached hydrogens (tertiary/aromatic N) is 2. The minimum atomic E-state index is -0.636. The van der Waals surface area contributed by atoms with E-state index in [9.17, 15) is 14.9 Å². The van der Waals surface area contributed by atoms with Crippen LogP contribution in [0, 0.1) is 10.1 Å². The largest absolute Gasteiger partial charge is 0.493 e. The molecule has 0 unspecified atom stereocenters. The first-order chi connectivity index (χ1) is 13.4. The minimum absolute atomic E-state index is 0.00926. The van der Waals surface area contributed by atoms with Gasteiger partial charge in [-0.1, -0.05) is 12.1 Å². The zero-order valence-electron chi connectivity index (χ0n) is 15.5. The Balaban J connectivity index is 1.91. The number of hydrogen-bond acceptors (Lipinski definition) is 7. The summed E-state index contributed by atoms with van der Waals surface area (Å²) in [6.07, 6.45) is 1.54. The van der Waals surface area contributed by atoms with Crippen LogP contribution in [0.3, 0.4) is 0 Å². The summed E-state index contributed by atoms with van der Waals surface area (Å²) in [5.41, 5.74) is 0.994. The summed E-state index contributed by atoms with van der Waals surface area (Å²) in [6.45, 7) is 3.82. The standard InChI is InChI=1S/C20H18N2O6/c1-12(2)27-17-8-7-13(10-18(17)26-3)9-16-20(23)28-19(21-16)14-5-4-6-15(11-14)22(24)25/h4-12H,1-3H3/b16-9+. The summed E-state index contributed by atoms with van der Waals surface area (Å²) in [5, 5.41) is 10.9. The summed E-state index contributed by atoms with van der Waals surface area (Å²) in [4.78, 5) is 26.7. The number of nitro benzene ring substituents is 1. The second-order valence-electron chi connectivity index (χ2n) is 6.22. The molecule has 2 aromatic carbocycles. The van der Waals surface area contributed by atoms with Gasteiger partial charge in [0, 0.05) is 17.7 Å². The number of methoxy groups -OCH3 is 1. The fraction of sp³-hybridized carbons (Fsp3) is 0.200. The van der Waals surface area contributed by atoms with E-state index in [1.165, 1.54) is 25.3 Å². The van der Waals surface area contributed by atoms with Crippen LogP contribution in [-0.2, 0) is 9.53 Å². The summed E-state index contributed by atoms with van der Waals surface area (Å²) in [6, 6.07) is 11.0. The monoisotopic (exact) mass is 382 g/mol. The minimum Gasteiger partial charge on any atom is -0.493 e. The zero-order valence-corrected chi connectivity index (χ0v) is 15.5. The van der Waals surface area contributed by atoms with Crippen molar-refractivity contribution in [3.8, 4) is 11.5 Å². The molecule has 2 aromatic rings. The molecule has 8 nitrogen and oxygen atoms in total. The molecule has 0 saturated carbocycles. The topological polar surface area (TPSA) is 100 Å². The predicted octanol–water partition coefficient (Wildman–Crippen LogP) is 3.74. The number of carbonyl (C=O) groups excluding carboxylic acids is 1. The maximum absolute atomic E-state index is 12.2. The van der Waals surface area contributed by atoms with E-state index in [2.05, 4.69) is 4.99 Å². The van der Waals surface area contributed by atoms with Crippen LogP contribution in [-0.4, -0.2) is 30.0 Å². The Hall–Kier alpha value is -3.68. The van der Waals surface area contributed by atoms with E-state index >= 15 is 0 Å². The molecule has 144 valence electrons. The SMILES string of the molecule is COc1cc(/C=C2/N=C(c3cccc([N+](=O)[O-])c3)OC2=O)ccc1OC(C)C. The number of carbonyl (C=O) groups is 1. The number of nitro groups is 1. The number of benzene rings is 2. The van der Waals surface area contributed by atoms with Crippen molar-refractivity contribution in [2.75, 3.05) is 7.11 Å². The first kappa shape index (κ1) is 19.1. The molecule has 0 spiro atoms. The van der Waals surface area contributed by atoms with E-state index in [0.717, 1.165) is 0 Å². The van der Waals surface area contributed by atoms with E-state index in [1.807, 2.05) is 13.8 Å². The van der Waals surface area contributed by atoms with Gasteiger partial charge in [0.2, 0.25) is 5.90 Å². The molecule has 0 aromatic heterocycles.